The van der Waals surface area contributed by atoms with Crippen LogP contribution in [-0.4, -0.2) is 22.6 Å². The summed E-state index contributed by atoms with van der Waals surface area (Å²) < 4.78 is 5.60. The third-order valence-corrected chi connectivity index (χ3v) is 4.05. The molecule has 0 unspecified atom stereocenters. The van der Waals surface area contributed by atoms with Crippen molar-refractivity contribution < 1.29 is 19.4 Å². The molecule has 1 aliphatic rings. The lowest BCUT2D eigenvalue weighted by Crippen LogP contribution is -2.36. The summed E-state index contributed by atoms with van der Waals surface area (Å²) in [5, 5.41) is 9.11. The zero-order valence-electron chi connectivity index (χ0n) is 11.9. The van der Waals surface area contributed by atoms with Crippen LogP contribution in [0.1, 0.15) is 60.2 Å². The molecule has 0 aromatic heterocycles. The molecule has 0 heterocycles. The molecule has 1 aromatic carbocycles. The van der Waals surface area contributed by atoms with E-state index in [1.54, 1.807) is 12.1 Å². The molecule has 0 saturated heterocycles. The number of carbonyl (C=O) groups excluding carboxylic acids is 1. The number of carbonyl (C=O) groups is 2. The molecule has 108 valence electrons. The van der Waals surface area contributed by atoms with Gasteiger partial charge in [-0.15, -0.1) is 0 Å². The zero-order chi connectivity index (χ0) is 14.8. The molecule has 0 atom stereocenters. The van der Waals surface area contributed by atoms with Gasteiger partial charge in [-0.05, 0) is 50.7 Å². The number of ether oxygens (including phenoxy) is 1. The SMILES string of the molecule is CC1CCC(C)(OC(=O)c2ccccc2C(=O)O)CC1. The third kappa shape index (κ3) is 3.18. The summed E-state index contributed by atoms with van der Waals surface area (Å²) in [5.41, 5.74) is -0.361. The summed E-state index contributed by atoms with van der Waals surface area (Å²) in [6.07, 6.45) is 3.72. The van der Waals surface area contributed by atoms with Crippen LogP contribution in [0.15, 0.2) is 24.3 Å². The van der Waals surface area contributed by atoms with Crippen LogP contribution in [-0.2, 0) is 4.74 Å². The predicted molar refractivity (Wildman–Crippen MR) is 74.9 cm³/mol. The smallest absolute Gasteiger partial charge is 0.339 e. The van der Waals surface area contributed by atoms with Crippen molar-refractivity contribution >= 4 is 11.9 Å². The van der Waals surface area contributed by atoms with E-state index in [4.69, 9.17) is 9.84 Å². The Balaban J connectivity index is 2.14. The summed E-state index contributed by atoms with van der Waals surface area (Å²) in [7, 11) is 0. The average Bonchev–Trinajstić information content (AvgIpc) is 2.42. The molecule has 1 fully saturated rings. The van der Waals surface area contributed by atoms with Crippen LogP contribution in [0.5, 0.6) is 0 Å². The topological polar surface area (TPSA) is 63.6 Å². The van der Waals surface area contributed by atoms with Crippen molar-refractivity contribution in [2.75, 3.05) is 0 Å². The second kappa shape index (κ2) is 5.65. The van der Waals surface area contributed by atoms with E-state index in [0.29, 0.717) is 5.92 Å². The molecule has 1 aliphatic carbocycles. The van der Waals surface area contributed by atoms with Gasteiger partial charge in [0.2, 0.25) is 0 Å². The minimum Gasteiger partial charge on any atom is -0.478 e. The minimum atomic E-state index is -1.11. The lowest BCUT2D eigenvalue weighted by molar-refractivity contribution is -0.0330. The van der Waals surface area contributed by atoms with Gasteiger partial charge in [0.25, 0.3) is 0 Å². The Kier molecular flexibility index (Phi) is 4.12. The highest BCUT2D eigenvalue weighted by Crippen LogP contribution is 2.35. The maximum Gasteiger partial charge on any atom is 0.339 e. The van der Waals surface area contributed by atoms with E-state index in [2.05, 4.69) is 6.92 Å². The molecule has 1 aromatic rings. The van der Waals surface area contributed by atoms with Gasteiger partial charge < -0.3 is 9.84 Å². The second-order valence-corrected chi connectivity index (χ2v) is 5.87. The van der Waals surface area contributed by atoms with Gasteiger partial charge in [-0.25, -0.2) is 9.59 Å². The fraction of sp³-hybridized carbons (Fsp3) is 0.500. The number of esters is 1. The van der Waals surface area contributed by atoms with E-state index in [-0.39, 0.29) is 11.1 Å². The highest BCUT2D eigenvalue weighted by atomic mass is 16.6. The van der Waals surface area contributed by atoms with Crippen LogP contribution in [0, 0.1) is 5.92 Å². The Labute approximate surface area is 118 Å². The monoisotopic (exact) mass is 276 g/mol. The summed E-state index contributed by atoms with van der Waals surface area (Å²) in [6.45, 7) is 4.13. The molecule has 20 heavy (non-hydrogen) atoms. The van der Waals surface area contributed by atoms with Crippen molar-refractivity contribution in [1.82, 2.24) is 0 Å². The van der Waals surface area contributed by atoms with E-state index in [1.807, 2.05) is 6.92 Å². The molecular formula is C16H20O4. The van der Waals surface area contributed by atoms with Crippen molar-refractivity contribution in [2.24, 2.45) is 5.92 Å². The van der Waals surface area contributed by atoms with Crippen molar-refractivity contribution in [3.05, 3.63) is 35.4 Å². The summed E-state index contributed by atoms with van der Waals surface area (Å²) >= 11 is 0. The van der Waals surface area contributed by atoms with Gasteiger partial charge >= 0.3 is 11.9 Å². The molecule has 4 heteroatoms. The Bertz CT molecular complexity index is 513. The summed E-state index contributed by atoms with van der Waals surface area (Å²) in [4.78, 5) is 23.4. The molecule has 1 N–H and O–H groups in total. The van der Waals surface area contributed by atoms with Gasteiger partial charge in [-0.3, -0.25) is 0 Å². The maximum absolute atomic E-state index is 12.2. The molecule has 0 aliphatic heterocycles. The zero-order valence-corrected chi connectivity index (χ0v) is 11.9. The van der Waals surface area contributed by atoms with Gasteiger partial charge in [-0.2, -0.15) is 0 Å². The van der Waals surface area contributed by atoms with Crippen LogP contribution in [0.25, 0.3) is 0 Å². The van der Waals surface area contributed by atoms with Crippen LogP contribution >= 0.6 is 0 Å². The van der Waals surface area contributed by atoms with E-state index < -0.39 is 17.5 Å². The van der Waals surface area contributed by atoms with Gasteiger partial charge in [0, 0.05) is 0 Å². The number of benzene rings is 1. The Morgan fingerprint density at radius 3 is 2.30 bits per heavy atom. The first-order valence-electron chi connectivity index (χ1n) is 6.97. The molecule has 4 nitrogen and oxygen atoms in total. The van der Waals surface area contributed by atoms with E-state index in [9.17, 15) is 9.59 Å². The third-order valence-electron chi connectivity index (χ3n) is 4.05. The van der Waals surface area contributed by atoms with Gasteiger partial charge in [0.1, 0.15) is 5.60 Å². The lowest BCUT2D eigenvalue weighted by atomic mass is 9.80. The predicted octanol–water partition coefficient (Wildman–Crippen LogP) is 3.51. The normalized spacial score (nSPS) is 26.0. The highest BCUT2D eigenvalue weighted by molar-refractivity contribution is 6.02. The molecule has 1 saturated carbocycles. The summed E-state index contributed by atoms with van der Waals surface area (Å²) in [5.74, 6) is -0.992. The first kappa shape index (κ1) is 14.6. The van der Waals surface area contributed by atoms with E-state index in [0.717, 1.165) is 25.7 Å². The quantitative estimate of drug-likeness (QED) is 0.858. The van der Waals surface area contributed by atoms with Gasteiger partial charge in [0.15, 0.2) is 0 Å². The van der Waals surface area contributed by atoms with Gasteiger partial charge in [0.05, 0.1) is 11.1 Å². The second-order valence-electron chi connectivity index (χ2n) is 5.87. The van der Waals surface area contributed by atoms with E-state index in [1.165, 1.54) is 12.1 Å². The molecular weight excluding hydrogens is 256 g/mol. The van der Waals surface area contributed by atoms with Crippen LogP contribution in [0.2, 0.25) is 0 Å². The maximum atomic E-state index is 12.2. The van der Waals surface area contributed by atoms with Crippen LogP contribution in [0.4, 0.5) is 0 Å². The lowest BCUT2D eigenvalue weighted by Gasteiger charge is -2.35. The number of rotatable bonds is 3. The number of aromatic carboxylic acids is 1. The Morgan fingerprint density at radius 1 is 1.20 bits per heavy atom. The number of carboxylic acid groups (broad SMARTS) is 1. The van der Waals surface area contributed by atoms with E-state index >= 15 is 0 Å². The van der Waals surface area contributed by atoms with Crippen LogP contribution in [0.3, 0.4) is 0 Å². The first-order valence-corrected chi connectivity index (χ1v) is 6.97. The number of hydrogen-bond acceptors (Lipinski definition) is 3. The first-order chi connectivity index (χ1) is 9.41. The Hall–Kier alpha value is -1.84. The average molecular weight is 276 g/mol. The standard InChI is InChI=1S/C16H20O4/c1-11-7-9-16(2,10-8-11)20-15(19)13-6-4-3-5-12(13)14(17)18/h3-6,11H,7-10H2,1-2H3,(H,17,18). The molecule has 0 bridgehead atoms. The Morgan fingerprint density at radius 2 is 1.75 bits per heavy atom. The minimum absolute atomic E-state index is 0.00900. The van der Waals surface area contributed by atoms with Gasteiger partial charge in [-0.1, -0.05) is 19.1 Å². The number of carboxylic acids is 1. The molecule has 0 spiro atoms. The number of hydrogen-bond donors (Lipinski definition) is 1. The largest absolute Gasteiger partial charge is 0.478 e. The van der Waals surface area contributed by atoms with Crippen molar-refractivity contribution in [1.29, 1.82) is 0 Å². The van der Waals surface area contributed by atoms with Crippen molar-refractivity contribution in [3.8, 4) is 0 Å². The highest BCUT2D eigenvalue weighted by Gasteiger charge is 2.34. The van der Waals surface area contributed by atoms with Crippen molar-refractivity contribution in [2.45, 2.75) is 45.1 Å². The molecule has 0 amide bonds. The molecule has 0 radical (unpaired) electrons. The fourth-order valence-corrected chi connectivity index (χ4v) is 2.60. The molecule has 2 rings (SSSR count). The summed E-state index contributed by atoms with van der Waals surface area (Å²) in [6, 6.07) is 6.17. The van der Waals surface area contributed by atoms with Crippen LogP contribution < -0.4 is 0 Å². The fourth-order valence-electron chi connectivity index (χ4n) is 2.60. The van der Waals surface area contributed by atoms with Crippen molar-refractivity contribution in [3.63, 3.8) is 0 Å².